The maximum absolute atomic E-state index is 13.5. The van der Waals surface area contributed by atoms with Crippen LogP contribution in [0.5, 0.6) is 0 Å². The number of hydrogen-bond acceptors (Lipinski definition) is 1. The predicted molar refractivity (Wildman–Crippen MR) is 65.9 cm³/mol. The van der Waals surface area contributed by atoms with Crippen molar-refractivity contribution in [3.8, 4) is 0 Å². The molecule has 0 rings (SSSR count). The molecular formula is C13H13F15O. The topological polar surface area (TPSA) is 20.2 Å². The summed E-state index contributed by atoms with van der Waals surface area (Å²) in [4.78, 5) is 0. The van der Waals surface area contributed by atoms with Crippen molar-refractivity contribution in [3.05, 3.63) is 0 Å². The second kappa shape index (κ2) is 7.87. The van der Waals surface area contributed by atoms with Gasteiger partial charge < -0.3 is 5.11 Å². The Morgan fingerprint density at radius 2 is 0.897 bits per heavy atom. The third-order valence-electron chi connectivity index (χ3n) is 3.85. The molecule has 0 saturated heterocycles. The molecule has 1 atom stereocenters. The number of hydrogen-bond donors (Lipinski definition) is 1. The van der Waals surface area contributed by atoms with Crippen molar-refractivity contribution in [1.29, 1.82) is 0 Å². The Morgan fingerprint density at radius 1 is 0.552 bits per heavy atom. The molecule has 1 nitrogen and oxygen atoms in total. The average molecular weight is 470 g/mol. The summed E-state index contributed by atoms with van der Waals surface area (Å²) in [7, 11) is 0. The molecule has 0 radical (unpaired) electrons. The van der Waals surface area contributed by atoms with Crippen LogP contribution >= 0.6 is 0 Å². The standard InChI is InChI=1S/C13H13F15O/c1-2-3-4-5-6(29)7(14,15)8(16,17)9(18,19)10(20,21)11(22,23)12(24,25)13(26,27)28/h6,29H,2-5H2,1H3. The zero-order chi connectivity index (χ0) is 23.9. The fraction of sp³-hybridized carbons (Fsp3) is 1.00. The van der Waals surface area contributed by atoms with Gasteiger partial charge >= 0.3 is 41.7 Å². The number of rotatable bonds is 10. The molecular weight excluding hydrogens is 457 g/mol. The summed E-state index contributed by atoms with van der Waals surface area (Å²) in [6, 6.07) is 0. The first kappa shape index (κ1) is 27.9. The van der Waals surface area contributed by atoms with Gasteiger partial charge in [0.15, 0.2) is 0 Å². The number of alkyl halides is 15. The van der Waals surface area contributed by atoms with Crippen molar-refractivity contribution in [2.75, 3.05) is 0 Å². The third-order valence-corrected chi connectivity index (χ3v) is 3.85. The quantitative estimate of drug-likeness (QED) is 0.294. The molecule has 0 spiro atoms. The number of unbranched alkanes of at least 4 members (excludes halogenated alkanes) is 2. The van der Waals surface area contributed by atoms with Gasteiger partial charge in [-0.25, -0.2) is 0 Å². The molecule has 0 aromatic carbocycles. The number of aliphatic hydroxyl groups excluding tert-OH is 1. The van der Waals surface area contributed by atoms with Crippen molar-refractivity contribution >= 4 is 0 Å². The van der Waals surface area contributed by atoms with Crippen molar-refractivity contribution in [3.63, 3.8) is 0 Å². The Kier molecular flexibility index (Phi) is 7.57. The lowest BCUT2D eigenvalue weighted by molar-refractivity contribution is -0.455. The van der Waals surface area contributed by atoms with Gasteiger partial charge in [0.1, 0.15) is 6.10 Å². The monoisotopic (exact) mass is 470 g/mol. The van der Waals surface area contributed by atoms with Gasteiger partial charge in [0.2, 0.25) is 0 Å². The third kappa shape index (κ3) is 4.09. The Labute approximate surface area is 152 Å². The highest BCUT2D eigenvalue weighted by Gasteiger charge is 2.93. The van der Waals surface area contributed by atoms with E-state index in [9.17, 15) is 65.9 Å². The molecule has 0 aromatic heterocycles. The average Bonchev–Trinajstić information content (AvgIpc) is 2.52. The van der Waals surface area contributed by atoms with Gasteiger partial charge in [-0.05, 0) is 6.42 Å². The maximum atomic E-state index is 13.5. The van der Waals surface area contributed by atoms with Crippen LogP contribution in [-0.2, 0) is 0 Å². The van der Waals surface area contributed by atoms with Crippen LogP contribution in [-0.4, -0.2) is 52.9 Å². The van der Waals surface area contributed by atoms with Crippen molar-refractivity contribution in [2.24, 2.45) is 0 Å². The van der Waals surface area contributed by atoms with E-state index in [0.29, 0.717) is 0 Å². The second-order valence-electron chi connectivity index (χ2n) is 6.00. The van der Waals surface area contributed by atoms with E-state index in [4.69, 9.17) is 5.11 Å². The zero-order valence-corrected chi connectivity index (χ0v) is 14.0. The van der Waals surface area contributed by atoms with Gasteiger partial charge in [-0.1, -0.05) is 26.2 Å². The lowest BCUT2D eigenvalue weighted by atomic mass is 9.88. The molecule has 0 amide bonds. The minimum atomic E-state index is -8.32. The van der Waals surface area contributed by atoms with E-state index in [2.05, 4.69) is 0 Å². The fourth-order valence-electron chi connectivity index (χ4n) is 1.96. The van der Waals surface area contributed by atoms with E-state index >= 15 is 0 Å². The highest BCUT2D eigenvalue weighted by molar-refractivity contribution is 5.13. The van der Waals surface area contributed by atoms with Crippen LogP contribution in [0.2, 0.25) is 0 Å². The molecule has 0 saturated carbocycles. The smallest absolute Gasteiger partial charge is 0.387 e. The molecule has 1 N–H and O–H groups in total. The number of halogens is 15. The van der Waals surface area contributed by atoms with E-state index in [1.807, 2.05) is 0 Å². The van der Waals surface area contributed by atoms with Gasteiger partial charge in [0.05, 0.1) is 0 Å². The van der Waals surface area contributed by atoms with E-state index < -0.39 is 60.7 Å². The van der Waals surface area contributed by atoms with E-state index in [1.165, 1.54) is 6.92 Å². The maximum Gasteiger partial charge on any atom is 0.460 e. The van der Waals surface area contributed by atoms with Crippen LogP contribution in [0.15, 0.2) is 0 Å². The Bertz CT molecular complexity index is 551. The van der Waals surface area contributed by atoms with E-state index in [-0.39, 0.29) is 12.8 Å². The Morgan fingerprint density at radius 3 is 1.24 bits per heavy atom. The second-order valence-corrected chi connectivity index (χ2v) is 6.00. The first-order valence-corrected chi connectivity index (χ1v) is 7.50. The molecule has 176 valence electrons. The van der Waals surface area contributed by atoms with Crippen LogP contribution in [0.3, 0.4) is 0 Å². The molecule has 29 heavy (non-hydrogen) atoms. The zero-order valence-electron chi connectivity index (χ0n) is 14.0. The first-order chi connectivity index (χ1) is 12.5. The number of aliphatic hydroxyl groups is 1. The molecule has 0 heterocycles. The SMILES string of the molecule is CCCCCC(O)C(F)(F)C(F)(F)C(F)(F)C(F)(F)C(F)(F)C(F)(F)C(F)(F)F. The normalized spacial score (nSPS) is 16.9. The predicted octanol–water partition coefficient (Wildman–Crippen LogP) is 6.30. The molecule has 0 aliphatic rings. The highest BCUT2D eigenvalue weighted by Crippen LogP contribution is 2.62. The molecule has 0 bridgehead atoms. The van der Waals surface area contributed by atoms with Crippen LogP contribution in [0.4, 0.5) is 65.9 Å². The largest absolute Gasteiger partial charge is 0.460 e. The summed E-state index contributed by atoms with van der Waals surface area (Å²) in [6.07, 6.45) is -13.3. The van der Waals surface area contributed by atoms with E-state index in [1.54, 1.807) is 0 Å². The molecule has 16 heteroatoms. The fourth-order valence-corrected chi connectivity index (χ4v) is 1.96. The van der Waals surface area contributed by atoms with Crippen LogP contribution in [0.1, 0.15) is 32.6 Å². The van der Waals surface area contributed by atoms with Crippen molar-refractivity contribution in [1.82, 2.24) is 0 Å². The lowest BCUT2D eigenvalue weighted by Crippen LogP contribution is -2.73. The van der Waals surface area contributed by atoms with Gasteiger partial charge in [-0.2, -0.15) is 65.9 Å². The van der Waals surface area contributed by atoms with Gasteiger partial charge in [-0.3, -0.25) is 0 Å². The molecule has 0 aliphatic heterocycles. The van der Waals surface area contributed by atoms with Crippen molar-refractivity contribution < 1.29 is 71.0 Å². The first-order valence-electron chi connectivity index (χ1n) is 7.50. The molecule has 0 aromatic rings. The Balaban J connectivity index is 6.29. The van der Waals surface area contributed by atoms with Crippen molar-refractivity contribution in [2.45, 2.75) is 80.4 Å². The van der Waals surface area contributed by atoms with Crippen LogP contribution in [0, 0.1) is 0 Å². The molecule has 0 aliphatic carbocycles. The summed E-state index contributed by atoms with van der Waals surface area (Å²) >= 11 is 0. The summed E-state index contributed by atoms with van der Waals surface area (Å²) in [5.41, 5.74) is 0. The molecule has 1 unspecified atom stereocenters. The van der Waals surface area contributed by atoms with Gasteiger partial charge in [0, 0.05) is 0 Å². The van der Waals surface area contributed by atoms with Crippen LogP contribution < -0.4 is 0 Å². The summed E-state index contributed by atoms with van der Waals surface area (Å²) in [5.74, 6) is -47.0. The van der Waals surface area contributed by atoms with Crippen LogP contribution in [0.25, 0.3) is 0 Å². The minimum Gasteiger partial charge on any atom is -0.387 e. The molecule has 0 fully saturated rings. The van der Waals surface area contributed by atoms with E-state index in [0.717, 1.165) is 0 Å². The lowest BCUT2D eigenvalue weighted by Gasteiger charge is -2.42. The highest BCUT2D eigenvalue weighted by atomic mass is 19.4. The van der Waals surface area contributed by atoms with Gasteiger partial charge in [0.25, 0.3) is 0 Å². The Hall–Kier alpha value is -1.09. The summed E-state index contributed by atoms with van der Waals surface area (Å²) in [6.45, 7) is 1.43. The summed E-state index contributed by atoms with van der Waals surface area (Å²) < 4.78 is 194. The minimum absolute atomic E-state index is 0.0544. The van der Waals surface area contributed by atoms with Gasteiger partial charge in [-0.15, -0.1) is 0 Å². The summed E-state index contributed by atoms with van der Waals surface area (Å²) in [5, 5.41) is 8.94.